The van der Waals surface area contributed by atoms with Gasteiger partial charge in [-0.05, 0) is 6.07 Å². The van der Waals surface area contributed by atoms with Crippen molar-refractivity contribution in [2.75, 3.05) is 7.11 Å². The standard InChI is InChI=1S/C10H9F2NO2/c1-15-5-7-2-3-9(11)8(10(7)12)4-13-6-14/h2-3H,4-5H2,1H3. The summed E-state index contributed by atoms with van der Waals surface area (Å²) in [5, 5.41) is 0. The van der Waals surface area contributed by atoms with Crippen molar-refractivity contribution >= 4 is 6.08 Å². The summed E-state index contributed by atoms with van der Waals surface area (Å²) in [7, 11) is 1.41. The number of isocyanates is 1. The number of ether oxygens (including phenoxy) is 1. The molecule has 0 bridgehead atoms. The first-order chi connectivity index (χ1) is 7.20. The third kappa shape index (κ3) is 2.68. The molecular formula is C10H9F2NO2. The lowest BCUT2D eigenvalue weighted by Crippen LogP contribution is -2.01. The number of hydrogen-bond acceptors (Lipinski definition) is 3. The first-order valence-electron chi connectivity index (χ1n) is 4.19. The van der Waals surface area contributed by atoms with Gasteiger partial charge in [0.25, 0.3) is 0 Å². The summed E-state index contributed by atoms with van der Waals surface area (Å²) in [6.45, 7) is -0.303. The molecule has 0 aliphatic carbocycles. The van der Waals surface area contributed by atoms with E-state index in [0.29, 0.717) is 0 Å². The predicted molar refractivity (Wildman–Crippen MR) is 48.9 cm³/mol. The lowest BCUT2D eigenvalue weighted by molar-refractivity contribution is 0.181. The molecule has 0 spiro atoms. The molecule has 5 heteroatoms. The predicted octanol–water partition coefficient (Wildman–Crippen LogP) is 1.95. The number of hydrogen-bond donors (Lipinski definition) is 0. The smallest absolute Gasteiger partial charge is 0.235 e. The van der Waals surface area contributed by atoms with E-state index in [4.69, 9.17) is 4.74 Å². The van der Waals surface area contributed by atoms with E-state index in [1.54, 1.807) is 0 Å². The molecule has 0 N–H and O–H groups in total. The Balaban J connectivity index is 3.10. The van der Waals surface area contributed by atoms with Crippen molar-refractivity contribution in [3.63, 3.8) is 0 Å². The van der Waals surface area contributed by atoms with Crippen LogP contribution >= 0.6 is 0 Å². The van der Waals surface area contributed by atoms with Gasteiger partial charge in [0.1, 0.15) is 11.6 Å². The number of halogens is 2. The third-order valence-corrected chi connectivity index (χ3v) is 1.87. The van der Waals surface area contributed by atoms with E-state index in [1.807, 2.05) is 0 Å². The van der Waals surface area contributed by atoms with Crippen LogP contribution in [0.25, 0.3) is 0 Å². The average molecular weight is 213 g/mol. The van der Waals surface area contributed by atoms with Gasteiger partial charge < -0.3 is 4.74 Å². The summed E-state index contributed by atoms with van der Waals surface area (Å²) in [5.41, 5.74) is -0.0112. The molecule has 0 fully saturated rings. The van der Waals surface area contributed by atoms with Crippen molar-refractivity contribution in [2.24, 2.45) is 4.99 Å². The van der Waals surface area contributed by atoms with E-state index in [2.05, 4.69) is 4.99 Å². The molecule has 80 valence electrons. The average Bonchev–Trinajstić information content (AvgIpc) is 2.22. The van der Waals surface area contributed by atoms with Crippen molar-refractivity contribution < 1.29 is 18.3 Å². The van der Waals surface area contributed by atoms with Gasteiger partial charge in [0, 0.05) is 18.2 Å². The fourth-order valence-electron chi connectivity index (χ4n) is 1.17. The number of benzene rings is 1. The van der Waals surface area contributed by atoms with Gasteiger partial charge in [0.2, 0.25) is 6.08 Å². The highest BCUT2D eigenvalue weighted by Crippen LogP contribution is 2.18. The van der Waals surface area contributed by atoms with Crippen molar-refractivity contribution in [1.29, 1.82) is 0 Å². The largest absolute Gasteiger partial charge is 0.380 e. The summed E-state index contributed by atoms with van der Waals surface area (Å²) in [4.78, 5) is 13.0. The number of aliphatic imine (C=N–C) groups is 1. The Bertz CT molecular complexity index is 401. The molecule has 0 saturated carbocycles. The monoisotopic (exact) mass is 213 g/mol. The van der Waals surface area contributed by atoms with E-state index in [9.17, 15) is 13.6 Å². The number of methoxy groups -OCH3 is 1. The molecular weight excluding hydrogens is 204 g/mol. The lowest BCUT2D eigenvalue weighted by atomic mass is 10.1. The Morgan fingerprint density at radius 1 is 1.47 bits per heavy atom. The maximum absolute atomic E-state index is 13.5. The molecule has 0 amide bonds. The van der Waals surface area contributed by atoms with Crippen molar-refractivity contribution in [3.05, 3.63) is 34.9 Å². The van der Waals surface area contributed by atoms with Gasteiger partial charge in [-0.25, -0.2) is 18.6 Å². The van der Waals surface area contributed by atoms with Crippen LogP contribution in [0.1, 0.15) is 11.1 Å². The Morgan fingerprint density at radius 2 is 2.20 bits per heavy atom. The van der Waals surface area contributed by atoms with Crippen LogP contribution in [0.4, 0.5) is 8.78 Å². The Morgan fingerprint density at radius 3 is 2.80 bits per heavy atom. The van der Waals surface area contributed by atoms with Crippen molar-refractivity contribution in [3.8, 4) is 0 Å². The Labute approximate surface area is 85.4 Å². The van der Waals surface area contributed by atoms with Gasteiger partial charge in [-0.2, -0.15) is 0 Å². The molecule has 0 atom stereocenters. The first-order valence-corrected chi connectivity index (χ1v) is 4.19. The second kappa shape index (κ2) is 5.34. The second-order valence-electron chi connectivity index (χ2n) is 2.84. The molecule has 0 aromatic heterocycles. The van der Waals surface area contributed by atoms with Crippen LogP contribution in [0.3, 0.4) is 0 Å². The quantitative estimate of drug-likeness (QED) is 0.566. The van der Waals surface area contributed by atoms with Crippen LogP contribution in [-0.2, 0) is 22.7 Å². The SMILES string of the molecule is COCc1ccc(F)c(CN=C=O)c1F. The minimum atomic E-state index is -0.730. The highest BCUT2D eigenvalue weighted by Gasteiger charge is 2.12. The zero-order valence-corrected chi connectivity index (χ0v) is 8.09. The minimum Gasteiger partial charge on any atom is -0.380 e. The third-order valence-electron chi connectivity index (χ3n) is 1.87. The maximum atomic E-state index is 13.5. The van der Waals surface area contributed by atoms with Gasteiger partial charge in [-0.1, -0.05) is 6.07 Å². The van der Waals surface area contributed by atoms with Crippen LogP contribution in [-0.4, -0.2) is 13.2 Å². The highest BCUT2D eigenvalue weighted by molar-refractivity contribution is 5.35. The molecule has 0 heterocycles. The Kier molecular flexibility index (Phi) is 4.09. The number of nitrogens with zero attached hydrogens (tertiary/aromatic N) is 1. The van der Waals surface area contributed by atoms with Crippen molar-refractivity contribution in [1.82, 2.24) is 0 Å². The van der Waals surface area contributed by atoms with E-state index >= 15 is 0 Å². The highest BCUT2D eigenvalue weighted by atomic mass is 19.1. The lowest BCUT2D eigenvalue weighted by Gasteiger charge is -2.06. The van der Waals surface area contributed by atoms with Crippen LogP contribution in [0, 0.1) is 11.6 Å². The minimum absolute atomic E-state index is 0.0456. The summed E-state index contributed by atoms with van der Waals surface area (Å²) in [6, 6.07) is 2.41. The van der Waals surface area contributed by atoms with Gasteiger partial charge in [-0.3, -0.25) is 0 Å². The zero-order valence-electron chi connectivity index (χ0n) is 8.09. The van der Waals surface area contributed by atoms with Crippen LogP contribution in [0.15, 0.2) is 17.1 Å². The molecule has 0 saturated heterocycles. The summed E-state index contributed by atoms with van der Waals surface area (Å²) >= 11 is 0. The number of carbonyl (C=O) groups excluding carboxylic acids is 1. The first kappa shape index (κ1) is 11.5. The van der Waals surface area contributed by atoms with Gasteiger partial charge in [-0.15, -0.1) is 0 Å². The molecule has 0 radical (unpaired) electrons. The molecule has 1 aromatic rings. The molecule has 0 unspecified atom stereocenters. The van der Waals surface area contributed by atoms with E-state index in [0.717, 1.165) is 6.07 Å². The molecule has 0 aliphatic rings. The molecule has 15 heavy (non-hydrogen) atoms. The maximum Gasteiger partial charge on any atom is 0.235 e. The van der Waals surface area contributed by atoms with Crippen LogP contribution in [0.2, 0.25) is 0 Å². The summed E-state index contributed by atoms with van der Waals surface area (Å²) in [6.07, 6.45) is 1.23. The molecule has 1 rings (SSSR count). The van der Waals surface area contributed by atoms with Crippen LogP contribution in [0.5, 0.6) is 0 Å². The van der Waals surface area contributed by atoms with Gasteiger partial charge in [0.15, 0.2) is 0 Å². The fraction of sp³-hybridized carbons (Fsp3) is 0.300. The normalized spacial score (nSPS) is 9.80. The molecule has 3 nitrogen and oxygen atoms in total. The number of rotatable bonds is 4. The topological polar surface area (TPSA) is 38.7 Å². The molecule has 0 aliphatic heterocycles. The van der Waals surface area contributed by atoms with Gasteiger partial charge >= 0.3 is 0 Å². The van der Waals surface area contributed by atoms with E-state index in [1.165, 1.54) is 19.3 Å². The Hall–Kier alpha value is -1.58. The summed E-state index contributed by atoms with van der Waals surface area (Å²) < 4.78 is 31.4. The summed E-state index contributed by atoms with van der Waals surface area (Å²) in [5.74, 6) is -1.46. The van der Waals surface area contributed by atoms with Crippen LogP contribution < -0.4 is 0 Å². The molecule has 1 aromatic carbocycles. The van der Waals surface area contributed by atoms with E-state index < -0.39 is 11.6 Å². The zero-order chi connectivity index (χ0) is 11.3. The van der Waals surface area contributed by atoms with E-state index in [-0.39, 0.29) is 24.3 Å². The second-order valence-corrected chi connectivity index (χ2v) is 2.84. The van der Waals surface area contributed by atoms with Crippen molar-refractivity contribution in [2.45, 2.75) is 13.2 Å². The van der Waals surface area contributed by atoms with Gasteiger partial charge in [0.05, 0.1) is 13.2 Å². The fourth-order valence-corrected chi connectivity index (χ4v) is 1.17.